The topological polar surface area (TPSA) is 125 Å². The number of aromatic nitrogens is 1. The average molecular weight is 563 g/mol. The van der Waals surface area contributed by atoms with E-state index in [1.165, 1.54) is 19.4 Å². The number of rotatable bonds is 5. The monoisotopic (exact) mass is 562 g/mol. The van der Waals surface area contributed by atoms with Gasteiger partial charge in [-0.15, -0.1) is 0 Å². The molecular weight excluding hydrogens is 536 g/mol. The Morgan fingerprint density at radius 1 is 1.18 bits per heavy atom. The number of carbonyl (C=O) groups is 2. The van der Waals surface area contributed by atoms with E-state index in [2.05, 4.69) is 4.98 Å². The van der Waals surface area contributed by atoms with Crippen LogP contribution in [0.15, 0.2) is 52.1 Å². The van der Waals surface area contributed by atoms with Crippen LogP contribution in [0.5, 0.6) is 0 Å². The van der Waals surface area contributed by atoms with Crippen molar-refractivity contribution in [2.75, 3.05) is 46.4 Å². The molecule has 11 nitrogen and oxygen atoms in total. The highest BCUT2D eigenvalue weighted by Crippen LogP contribution is 2.44. The van der Waals surface area contributed by atoms with Gasteiger partial charge in [0.15, 0.2) is 11.5 Å². The maximum atomic E-state index is 13.7. The standard InChI is InChI=1S/C25H27ClN4O7S/c1-35-16-25-15-29(38(33,34)21-12-17-11-18(26)4-5-19(17)27-21)13-22(31)30(25)14-24(37-25)6-8-28(9-7-24)23(32)20-3-2-10-36-20/h2-5,10-12,27H,6-9,13-16H2,1H3. The maximum Gasteiger partial charge on any atom is 0.289 e. The number of benzene rings is 1. The van der Waals surface area contributed by atoms with Gasteiger partial charge in [-0.3, -0.25) is 9.59 Å². The predicted molar refractivity (Wildman–Crippen MR) is 136 cm³/mol. The first-order chi connectivity index (χ1) is 18.1. The molecule has 38 heavy (non-hydrogen) atoms. The summed E-state index contributed by atoms with van der Waals surface area (Å²) >= 11 is 6.07. The van der Waals surface area contributed by atoms with Crippen LogP contribution >= 0.6 is 11.6 Å². The van der Waals surface area contributed by atoms with Crippen molar-refractivity contribution in [3.8, 4) is 0 Å². The number of fused-ring (bicyclic) bond motifs is 2. The van der Waals surface area contributed by atoms with Gasteiger partial charge in [0.2, 0.25) is 5.91 Å². The van der Waals surface area contributed by atoms with Crippen molar-refractivity contribution in [3.05, 3.63) is 53.4 Å². The summed E-state index contributed by atoms with van der Waals surface area (Å²) in [5, 5.41) is 1.12. The number of likely N-dealkylation sites (tertiary alicyclic amines) is 1. The van der Waals surface area contributed by atoms with Crippen molar-refractivity contribution < 1.29 is 31.9 Å². The number of piperazine rings is 1. The lowest BCUT2D eigenvalue weighted by atomic mass is 9.91. The van der Waals surface area contributed by atoms with Crippen LogP contribution in [0.25, 0.3) is 10.9 Å². The summed E-state index contributed by atoms with van der Waals surface area (Å²) in [5.41, 5.74) is -1.37. The number of nitrogens with zero attached hydrogens (tertiary/aromatic N) is 3. The Kier molecular flexibility index (Phi) is 6.07. The molecule has 3 fully saturated rings. The molecule has 1 aromatic carbocycles. The van der Waals surface area contributed by atoms with Crippen LogP contribution in [0.4, 0.5) is 0 Å². The molecule has 13 heteroatoms. The molecule has 3 saturated heterocycles. The number of ether oxygens (including phenoxy) is 2. The number of sulfonamides is 1. The van der Waals surface area contributed by atoms with E-state index in [9.17, 15) is 18.0 Å². The lowest BCUT2D eigenvalue weighted by Gasteiger charge is -2.44. The first-order valence-electron chi connectivity index (χ1n) is 12.3. The first-order valence-corrected chi connectivity index (χ1v) is 14.1. The van der Waals surface area contributed by atoms with Crippen LogP contribution in [-0.2, 0) is 24.3 Å². The SMILES string of the molecule is COCC12CN(S(=O)(=O)c3cc4cc(Cl)ccc4[nH]3)CC(=O)N1CC1(CCN(C(=O)c3ccco3)CC1)O2. The molecule has 1 N–H and O–H groups in total. The fourth-order valence-corrected chi connectivity index (χ4v) is 7.39. The van der Waals surface area contributed by atoms with Crippen molar-refractivity contribution in [1.82, 2.24) is 19.1 Å². The number of hydrogen-bond donors (Lipinski definition) is 1. The number of halogens is 1. The van der Waals surface area contributed by atoms with Crippen molar-refractivity contribution in [1.29, 1.82) is 0 Å². The second-order valence-electron chi connectivity index (χ2n) is 10.1. The summed E-state index contributed by atoms with van der Waals surface area (Å²) in [5.74, 6) is -0.279. The number of carbonyl (C=O) groups excluding carboxylic acids is 2. The molecule has 5 heterocycles. The van der Waals surface area contributed by atoms with Crippen LogP contribution in [0, 0.1) is 0 Å². The molecule has 3 aliphatic heterocycles. The van der Waals surface area contributed by atoms with Crippen molar-refractivity contribution in [3.63, 3.8) is 0 Å². The van der Waals surface area contributed by atoms with Crippen molar-refractivity contribution in [2.24, 2.45) is 0 Å². The highest BCUT2D eigenvalue weighted by Gasteiger charge is 2.61. The van der Waals surface area contributed by atoms with Crippen LogP contribution < -0.4 is 0 Å². The van der Waals surface area contributed by atoms with E-state index in [0.29, 0.717) is 48.4 Å². The highest BCUT2D eigenvalue weighted by atomic mass is 35.5. The average Bonchev–Trinajstić information content (AvgIpc) is 3.62. The van der Waals surface area contributed by atoms with E-state index < -0.39 is 21.3 Å². The lowest BCUT2D eigenvalue weighted by Crippen LogP contribution is -2.65. The Labute approximate surface area is 224 Å². The van der Waals surface area contributed by atoms with Crippen LogP contribution in [0.1, 0.15) is 23.4 Å². The van der Waals surface area contributed by atoms with E-state index >= 15 is 0 Å². The Balaban J connectivity index is 1.25. The van der Waals surface area contributed by atoms with Gasteiger partial charge in [0.25, 0.3) is 15.9 Å². The van der Waals surface area contributed by atoms with Gasteiger partial charge >= 0.3 is 0 Å². The largest absolute Gasteiger partial charge is 0.459 e. The predicted octanol–water partition coefficient (Wildman–Crippen LogP) is 2.30. The molecule has 0 aliphatic carbocycles. The number of H-pyrrole nitrogens is 1. The Morgan fingerprint density at radius 3 is 2.68 bits per heavy atom. The van der Waals surface area contributed by atoms with Gasteiger partial charge in [-0.05, 0) is 49.2 Å². The van der Waals surface area contributed by atoms with Gasteiger partial charge < -0.3 is 28.7 Å². The fraction of sp³-hybridized carbons (Fsp3) is 0.440. The van der Waals surface area contributed by atoms with E-state index in [0.717, 1.165) is 4.31 Å². The second kappa shape index (κ2) is 9.09. The third kappa shape index (κ3) is 4.11. The summed E-state index contributed by atoms with van der Waals surface area (Å²) in [6, 6.07) is 9.86. The zero-order chi connectivity index (χ0) is 26.7. The van der Waals surface area contributed by atoms with Crippen LogP contribution in [-0.4, -0.2) is 97.1 Å². The van der Waals surface area contributed by atoms with Gasteiger partial charge in [0, 0.05) is 36.1 Å². The Hall–Kier alpha value is -2.90. The number of nitrogens with one attached hydrogen (secondary N) is 1. The molecule has 0 saturated carbocycles. The number of piperidine rings is 1. The van der Waals surface area contributed by atoms with E-state index in [-0.39, 0.29) is 42.3 Å². The summed E-state index contributed by atoms with van der Waals surface area (Å²) in [4.78, 5) is 32.4. The second-order valence-corrected chi connectivity index (χ2v) is 12.4. The molecule has 6 rings (SSSR count). The molecular formula is C25H27ClN4O7S. The number of hydrogen-bond acceptors (Lipinski definition) is 7. The zero-order valence-electron chi connectivity index (χ0n) is 20.7. The fourth-order valence-electron chi connectivity index (χ4n) is 5.76. The molecule has 3 aliphatic rings. The first kappa shape index (κ1) is 25.4. The van der Waals surface area contributed by atoms with E-state index in [1.54, 1.807) is 40.1 Å². The normalized spacial score (nSPS) is 23.9. The van der Waals surface area contributed by atoms with Gasteiger partial charge in [-0.2, -0.15) is 4.31 Å². The number of amides is 2. The van der Waals surface area contributed by atoms with Crippen LogP contribution in [0.2, 0.25) is 5.02 Å². The minimum absolute atomic E-state index is 0.00383. The molecule has 3 aromatic rings. The van der Waals surface area contributed by atoms with Gasteiger partial charge in [0.1, 0.15) is 5.03 Å². The molecule has 1 unspecified atom stereocenters. The van der Waals surface area contributed by atoms with E-state index in [4.69, 9.17) is 25.5 Å². The summed E-state index contributed by atoms with van der Waals surface area (Å²) in [7, 11) is -2.57. The van der Waals surface area contributed by atoms with Gasteiger partial charge in [0.05, 0.1) is 38.1 Å². The summed E-state index contributed by atoms with van der Waals surface area (Å²) in [6.07, 6.45) is 2.44. The van der Waals surface area contributed by atoms with Crippen LogP contribution in [0.3, 0.4) is 0 Å². The molecule has 202 valence electrons. The molecule has 1 atom stereocenters. The third-order valence-electron chi connectivity index (χ3n) is 7.62. The maximum absolute atomic E-state index is 13.7. The van der Waals surface area contributed by atoms with Crippen molar-refractivity contribution >= 4 is 44.3 Å². The van der Waals surface area contributed by atoms with Gasteiger partial charge in [-0.25, -0.2) is 8.42 Å². The Morgan fingerprint density at radius 2 is 1.97 bits per heavy atom. The summed E-state index contributed by atoms with van der Waals surface area (Å²) in [6.45, 7) is 0.753. The molecule has 0 bridgehead atoms. The quantitative estimate of drug-likeness (QED) is 0.506. The molecule has 1 spiro atoms. The van der Waals surface area contributed by atoms with Crippen molar-refractivity contribution in [2.45, 2.75) is 29.2 Å². The lowest BCUT2D eigenvalue weighted by molar-refractivity contribution is -0.196. The molecule has 2 amide bonds. The Bertz CT molecular complexity index is 1500. The minimum atomic E-state index is -4.06. The number of aromatic amines is 1. The summed E-state index contributed by atoms with van der Waals surface area (Å²) < 4.78 is 45.8. The third-order valence-corrected chi connectivity index (χ3v) is 9.57. The molecule has 2 aromatic heterocycles. The van der Waals surface area contributed by atoms with E-state index in [1.807, 2.05) is 0 Å². The number of methoxy groups -OCH3 is 1. The van der Waals surface area contributed by atoms with Gasteiger partial charge in [-0.1, -0.05) is 11.6 Å². The smallest absolute Gasteiger partial charge is 0.289 e. The molecule has 0 radical (unpaired) electrons. The zero-order valence-corrected chi connectivity index (χ0v) is 22.3. The minimum Gasteiger partial charge on any atom is -0.459 e. The highest BCUT2D eigenvalue weighted by molar-refractivity contribution is 7.89. The number of furan rings is 1.